The Kier molecular flexibility index (Phi) is 4.08. The number of nitrogens with zero attached hydrogens (tertiary/aromatic N) is 2. The SMILES string of the molecule is Cc1nn(C)c(C)c1C=C(CO)B1OC(C)(C)C(C)(C)O1. The summed E-state index contributed by atoms with van der Waals surface area (Å²) in [5, 5.41) is 14.1. The molecule has 1 aliphatic rings. The first-order valence-electron chi connectivity index (χ1n) is 7.26. The van der Waals surface area contributed by atoms with Gasteiger partial charge in [0, 0.05) is 18.3 Å². The van der Waals surface area contributed by atoms with Gasteiger partial charge in [0.05, 0.1) is 23.5 Å². The predicted octanol–water partition coefficient (Wildman–Crippen LogP) is 2.04. The first-order chi connectivity index (χ1) is 9.59. The molecule has 0 radical (unpaired) electrons. The van der Waals surface area contributed by atoms with Gasteiger partial charge in [-0.1, -0.05) is 6.08 Å². The highest BCUT2D eigenvalue weighted by molar-refractivity contribution is 6.55. The number of aromatic nitrogens is 2. The fraction of sp³-hybridized carbons (Fsp3) is 0.667. The third-order valence-electron chi connectivity index (χ3n) is 4.63. The fourth-order valence-electron chi connectivity index (χ4n) is 2.37. The number of hydrogen-bond donors (Lipinski definition) is 1. The summed E-state index contributed by atoms with van der Waals surface area (Å²) in [5.74, 6) is 0. The molecular formula is C15H25BN2O3. The number of aryl methyl sites for hydroxylation is 2. The lowest BCUT2D eigenvalue weighted by Crippen LogP contribution is -2.41. The van der Waals surface area contributed by atoms with E-state index in [4.69, 9.17) is 9.31 Å². The maximum atomic E-state index is 9.72. The maximum absolute atomic E-state index is 9.72. The standard InChI is InChI=1S/C15H25BN2O3/c1-10-13(11(2)18(7)17-10)8-12(9-19)16-20-14(3,4)15(5,6)21-16/h8,19H,9H2,1-7H3. The van der Waals surface area contributed by atoms with Crippen molar-refractivity contribution in [1.29, 1.82) is 0 Å². The van der Waals surface area contributed by atoms with Crippen LogP contribution in [0.25, 0.3) is 6.08 Å². The third kappa shape index (κ3) is 2.80. The van der Waals surface area contributed by atoms with E-state index in [1.165, 1.54) is 0 Å². The predicted molar refractivity (Wildman–Crippen MR) is 83.8 cm³/mol. The molecule has 1 saturated heterocycles. The van der Waals surface area contributed by atoms with E-state index < -0.39 is 18.3 Å². The van der Waals surface area contributed by atoms with E-state index in [1.54, 1.807) is 0 Å². The van der Waals surface area contributed by atoms with Crippen LogP contribution in [0.15, 0.2) is 5.47 Å². The van der Waals surface area contributed by atoms with Crippen molar-refractivity contribution in [3.8, 4) is 0 Å². The van der Waals surface area contributed by atoms with E-state index in [0.29, 0.717) is 5.47 Å². The van der Waals surface area contributed by atoms with Crippen LogP contribution in [0.4, 0.5) is 0 Å². The van der Waals surface area contributed by atoms with Crippen molar-refractivity contribution < 1.29 is 14.4 Å². The van der Waals surface area contributed by atoms with Crippen LogP contribution in [0.2, 0.25) is 0 Å². The van der Waals surface area contributed by atoms with Crippen LogP contribution in [-0.4, -0.2) is 39.8 Å². The summed E-state index contributed by atoms with van der Waals surface area (Å²) in [7, 11) is 1.38. The van der Waals surface area contributed by atoms with Gasteiger partial charge < -0.3 is 14.4 Å². The second-order valence-electron chi connectivity index (χ2n) is 6.67. The summed E-state index contributed by atoms with van der Waals surface area (Å²) < 4.78 is 13.8. The van der Waals surface area contributed by atoms with Gasteiger partial charge in [-0.3, -0.25) is 4.68 Å². The Morgan fingerprint density at radius 1 is 1.24 bits per heavy atom. The molecular weight excluding hydrogens is 267 g/mol. The molecule has 1 fully saturated rings. The summed E-state index contributed by atoms with van der Waals surface area (Å²) in [6.45, 7) is 11.9. The summed E-state index contributed by atoms with van der Waals surface area (Å²) >= 11 is 0. The van der Waals surface area contributed by atoms with Gasteiger partial charge in [0.25, 0.3) is 0 Å². The molecule has 0 unspecified atom stereocenters. The molecule has 0 bridgehead atoms. The first kappa shape index (κ1) is 16.3. The summed E-state index contributed by atoms with van der Waals surface area (Å²) in [6.07, 6.45) is 1.93. The zero-order valence-electron chi connectivity index (χ0n) is 14.0. The number of rotatable bonds is 3. The molecule has 0 amide bonds. The van der Waals surface area contributed by atoms with E-state index in [2.05, 4.69) is 5.10 Å². The Balaban J connectivity index is 2.35. The molecule has 0 atom stereocenters. The molecule has 2 heterocycles. The zero-order chi connectivity index (χ0) is 16.0. The lowest BCUT2D eigenvalue weighted by atomic mass is 9.77. The third-order valence-corrected chi connectivity index (χ3v) is 4.63. The second kappa shape index (κ2) is 5.27. The van der Waals surface area contributed by atoms with E-state index in [9.17, 15) is 5.11 Å². The van der Waals surface area contributed by atoms with Gasteiger partial charge in [-0.05, 0) is 47.0 Å². The van der Waals surface area contributed by atoms with Crippen LogP contribution in [0.1, 0.15) is 44.6 Å². The van der Waals surface area contributed by atoms with E-state index >= 15 is 0 Å². The fourth-order valence-corrected chi connectivity index (χ4v) is 2.37. The van der Waals surface area contributed by atoms with Crippen molar-refractivity contribution in [1.82, 2.24) is 9.78 Å². The summed E-state index contributed by atoms with van der Waals surface area (Å²) in [5.41, 5.74) is 2.88. The quantitative estimate of drug-likeness (QED) is 0.866. The molecule has 1 aliphatic heterocycles. The van der Waals surface area contributed by atoms with Crippen molar-refractivity contribution >= 4 is 13.2 Å². The summed E-state index contributed by atoms with van der Waals surface area (Å²) in [4.78, 5) is 0. The molecule has 1 N–H and O–H groups in total. The average molecular weight is 292 g/mol. The van der Waals surface area contributed by atoms with Crippen LogP contribution < -0.4 is 0 Å². The van der Waals surface area contributed by atoms with Gasteiger partial charge in [0.15, 0.2) is 0 Å². The Morgan fingerprint density at radius 3 is 2.14 bits per heavy atom. The molecule has 6 heteroatoms. The van der Waals surface area contributed by atoms with E-state index in [1.807, 2.05) is 59.3 Å². The van der Waals surface area contributed by atoms with Gasteiger partial charge >= 0.3 is 7.12 Å². The van der Waals surface area contributed by atoms with Crippen molar-refractivity contribution in [2.45, 2.75) is 52.7 Å². The largest absolute Gasteiger partial charge is 0.492 e. The highest BCUT2D eigenvalue weighted by atomic mass is 16.7. The van der Waals surface area contributed by atoms with Crippen LogP contribution >= 0.6 is 0 Å². The molecule has 21 heavy (non-hydrogen) atoms. The van der Waals surface area contributed by atoms with E-state index in [-0.39, 0.29) is 6.61 Å². The second-order valence-corrected chi connectivity index (χ2v) is 6.67. The Bertz CT molecular complexity index is 560. The van der Waals surface area contributed by atoms with Crippen molar-refractivity contribution in [3.63, 3.8) is 0 Å². The van der Waals surface area contributed by atoms with Crippen LogP contribution in [0.5, 0.6) is 0 Å². The molecule has 5 nitrogen and oxygen atoms in total. The van der Waals surface area contributed by atoms with Gasteiger partial charge in [-0.2, -0.15) is 5.10 Å². The number of hydrogen-bond acceptors (Lipinski definition) is 4. The Hall–Kier alpha value is -1.11. The molecule has 116 valence electrons. The molecule has 1 aromatic heterocycles. The lowest BCUT2D eigenvalue weighted by molar-refractivity contribution is 0.00578. The highest BCUT2D eigenvalue weighted by Crippen LogP contribution is 2.38. The highest BCUT2D eigenvalue weighted by Gasteiger charge is 2.52. The van der Waals surface area contributed by atoms with Crippen LogP contribution in [0, 0.1) is 13.8 Å². The molecule has 0 saturated carbocycles. The molecule has 0 spiro atoms. The van der Waals surface area contributed by atoms with Crippen molar-refractivity contribution in [3.05, 3.63) is 22.4 Å². The van der Waals surface area contributed by atoms with Crippen LogP contribution in [0.3, 0.4) is 0 Å². The molecule has 1 aromatic rings. The summed E-state index contributed by atoms with van der Waals surface area (Å²) in [6, 6.07) is 0. The molecule has 2 rings (SSSR count). The van der Waals surface area contributed by atoms with Crippen molar-refractivity contribution in [2.24, 2.45) is 7.05 Å². The minimum absolute atomic E-state index is 0.107. The zero-order valence-corrected chi connectivity index (χ0v) is 14.0. The topological polar surface area (TPSA) is 56.5 Å². The average Bonchev–Trinajstić information content (AvgIpc) is 2.71. The maximum Gasteiger partial charge on any atom is 0.492 e. The molecule has 0 aliphatic carbocycles. The van der Waals surface area contributed by atoms with Crippen LogP contribution in [-0.2, 0) is 16.4 Å². The Morgan fingerprint density at radius 2 is 1.76 bits per heavy atom. The Labute approximate surface area is 127 Å². The molecule has 0 aromatic carbocycles. The van der Waals surface area contributed by atoms with E-state index in [0.717, 1.165) is 17.0 Å². The van der Waals surface area contributed by atoms with Gasteiger partial charge in [-0.15, -0.1) is 0 Å². The normalized spacial score (nSPS) is 21.1. The smallest absolute Gasteiger partial charge is 0.400 e. The lowest BCUT2D eigenvalue weighted by Gasteiger charge is -2.32. The minimum atomic E-state index is -0.529. The first-order valence-corrected chi connectivity index (χ1v) is 7.26. The minimum Gasteiger partial charge on any atom is -0.400 e. The van der Waals surface area contributed by atoms with Gasteiger partial charge in [-0.25, -0.2) is 0 Å². The van der Waals surface area contributed by atoms with Crippen molar-refractivity contribution in [2.75, 3.05) is 6.61 Å². The number of aliphatic hydroxyl groups excluding tert-OH is 1. The van der Waals surface area contributed by atoms with Gasteiger partial charge in [0.1, 0.15) is 0 Å². The number of aliphatic hydroxyl groups is 1. The van der Waals surface area contributed by atoms with Gasteiger partial charge in [0.2, 0.25) is 0 Å². The monoisotopic (exact) mass is 292 g/mol.